The van der Waals surface area contributed by atoms with E-state index in [1.54, 1.807) is 4.90 Å². The van der Waals surface area contributed by atoms with Crippen LogP contribution in [0.2, 0.25) is 0 Å². The van der Waals surface area contributed by atoms with Crippen LogP contribution in [0.15, 0.2) is 6.20 Å². The van der Waals surface area contributed by atoms with E-state index in [0.29, 0.717) is 31.1 Å². The van der Waals surface area contributed by atoms with Gasteiger partial charge in [-0.1, -0.05) is 6.92 Å². The summed E-state index contributed by atoms with van der Waals surface area (Å²) in [6.07, 6.45) is 2.50. The third-order valence-corrected chi connectivity index (χ3v) is 2.78. The maximum Gasteiger partial charge on any atom is 0.259 e. The fraction of sp³-hybridized carbons (Fsp3) is 0.600. The third-order valence-electron chi connectivity index (χ3n) is 2.78. The highest BCUT2D eigenvalue weighted by Gasteiger charge is 2.25. The number of nitrogens with one attached hydrogen (secondary N) is 1. The zero-order valence-corrected chi connectivity index (χ0v) is 9.27. The summed E-state index contributed by atoms with van der Waals surface area (Å²) in [5, 5.41) is 6.31. The number of nitrogen functional groups attached to an aromatic ring is 1. The predicted octanol–water partition coefficient (Wildman–Crippen LogP) is 0.243. The fourth-order valence-electron chi connectivity index (χ4n) is 1.79. The zero-order valence-electron chi connectivity index (χ0n) is 9.27. The lowest BCUT2D eigenvalue weighted by Crippen LogP contribution is -2.45. The molecule has 1 aliphatic rings. The summed E-state index contributed by atoms with van der Waals surface area (Å²) >= 11 is 0. The first kappa shape index (κ1) is 10.9. The molecule has 1 aliphatic heterocycles. The van der Waals surface area contributed by atoms with Crippen molar-refractivity contribution in [2.24, 2.45) is 0 Å². The quantitative estimate of drug-likeness (QED) is 0.753. The number of morpholine rings is 1. The van der Waals surface area contributed by atoms with Crippen LogP contribution in [0.3, 0.4) is 0 Å². The minimum atomic E-state index is -0.0759. The van der Waals surface area contributed by atoms with Crippen LogP contribution in [-0.2, 0) is 4.74 Å². The van der Waals surface area contributed by atoms with Gasteiger partial charge in [0.05, 0.1) is 18.9 Å². The Bertz CT molecular complexity index is 377. The molecule has 88 valence electrons. The summed E-state index contributed by atoms with van der Waals surface area (Å²) in [6.45, 7) is 3.87. The first-order chi connectivity index (χ1) is 7.72. The lowest BCUT2D eigenvalue weighted by molar-refractivity contribution is -0.0225. The fourth-order valence-corrected chi connectivity index (χ4v) is 1.79. The number of hydrogen-bond donors (Lipinski definition) is 2. The minimum absolute atomic E-state index is 0.0759. The van der Waals surface area contributed by atoms with Gasteiger partial charge in [0.15, 0.2) is 0 Å². The van der Waals surface area contributed by atoms with Gasteiger partial charge in [0.1, 0.15) is 11.4 Å². The number of anilines is 1. The van der Waals surface area contributed by atoms with E-state index >= 15 is 0 Å². The lowest BCUT2D eigenvalue weighted by Gasteiger charge is -2.32. The first-order valence-electron chi connectivity index (χ1n) is 5.42. The molecule has 6 nitrogen and oxygen atoms in total. The Morgan fingerprint density at radius 2 is 2.62 bits per heavy atom. The van der Waals surface area contributed by atoms with E-state index in [0.717, 1.165) is 6.42 Å². The molecular weight excluding hydrogens is 208 g/mol. The SMILES string of the molecule is CCC1CN(C(=O)c2cn[nH]c2N)CCO1. The summed E-state index contributed by atoms with van der Waals surface area (Å²) in [4.78, 5) is 13.8. The number of amides is 1. The van der Waals surface area contributed by atoms with Crippen molar-refractivity contribution >= 4 is 11.7 Å². The number of aromatic amines is 1. The molecule has 1 fully saturated rings. The van der Waals surface area contributed by atoms with Gasteiger partial charge in [0.25, 0.3) is 5.91 Å². The van der Waals surface area contributed by atoms with Crippen molar-refractivity contribution in [3.05, 3.63) is 11.8 Å². The summed E-state index contributed by atoms with van der Waals surface area (Å²) in [5.41, 5.74) is 6.06. The van der Waals surface area contributed by atoms with Crippen molar-refractivity contribution in [1.29, 1.82) is 0 Å². The second-order valence-corrected chi connectivity index (χ2v) is 3.85. The van der Waals surface area contributed by atoms with Gasteiger partial charge >= 0.3 is 0 Å². The maximum absolute atomic E-state index is 12.1. The lowest BCUT2D eigenvalue weighted by atomic mass is 10.2. The van der Waals surface area contributed by atoms with E-state index in [-0.39, 0.29) is 12.0 Å². The molecule has 0 aliphatic carbocycles. The topological polar surface area (TPSA) is 84.2 Å². The summed E-state index contributed by atoms with van der Waals surface area (Å²) in [6, 6.07) is 0. The third kappa shape index (κ3) is 2.01. The number of aromatic nitrogens is 2. The number of ether oxygens (including phenoxy) is 1. The van der Waals surface area contributed by atoms with Gasteiger partial charge in [-0.25, -0.2) is 0 Å². The van der Waals surface area contributed by atoms with E-state index in [1.807, 2.05) is 6.92 Å². The Morgan fingerprint density at radius 1 is 1.81 bits per heavy atom. The van der Waals surface area contributed by atoms with Crippen molar-refractivity contribution in [3.63, 3.8) is 0 Å². The molecule has 3 N–H and O–H groups in total. The Hall–Kier alpha value is -1.56. The minimum Gasteiger partial charge on any atom is -0.383 e. The molecule has 16 heavy (non-hydrogen) atoms. The Balaban J connectivity index is 2.07. The molecule has 0 radical (unpaired) electrons. The van der Waals surface area contributed by atoms with Crippen LogP contribution in [-0.4, -0.2) is 46.8 Å². The summed E-state index contributed by atoms with van der Waals surface area (Å²) in [5.74, 6) is 0.248. The highest BCUT2D eigenvalue weighted by atomic mass is 16.5. The molecule has 1 aromatic heterocycles. The van der Waals surface area contributed by atoms with Gasteiger partial charge in [0.2, 0.25) is 0 Å². The molecule has 6 heteroatoms. The first-order valence-corrected chi connectivity index (χ1v) is 5.42. The van der Waals surface area contributed by atoms with E-state index in [1.165, 1.54) is 6.20 Å². The van der Waals surface area contributed by atoms with Crippen LogP contribution in [0.25, 0.3) is 0 Å². The van der Waals surface area contributed by atoms with Gasteiger partial charge in [0, 0.05) is 13.1 Å². The predicted molar refractivity (Wildman–Crippen MR) is 58.9 cm³/mol. The molecule has 0 spiro atoms. The molecule has 1 unspecified atom stereocenters. The monoisotopic (exact) mass is 224 g/mol. The molecule has 1 aromatic rings. The van der Waals surface area contributed by atoms with Crippen LogP contribution >= 0.6 is 0 Å². The highest BCUT2D eigenvalue weighted by molar-refractivity contribution is 5.98. The second-order valence-electron chi connectivity index (χ2n) is 3.85. The molecule has 0 aromatic carbocycles. The normalized spacial score (nSPS) is 21.1. The molecule has 2 rings (SSSR count). The van der Waals surface area contributed by atoms with Crippen LogP contribution in [0.5, 0.6) is 0 Å². The largest absolute Gasteiger partial charge is 0.383 e. The number of hydrogen-bond acceptors (Lipinski definition) is 4. The van der Waals surface area contributed by atoms with Crippen molar-refractivity contribution < 1.29 is 9.53 Å². The summed E-state index contributed by atoms with van der Waals surface area (Å²) in [7, 11) is 0. The van der Waals surface area contributed by atoms with E-state index in [4.69, 9.17) is 10.5 Å². The Morgan fingerprint density at radius 3 is 3.25 bits per heavy atom. The van der Waals surface area contributed by atoms with Gasteiger partial charge in [-0.15, -0.1) is 0 Å². The van der Waals surface area contributed by atoms with Gasteiger partial charge in [-0.2, -0.15) is 5.10 Å². The van der Waals surface area contributed by atoms with Crippen molar-refractivity contribution in [2.75, 3.05) is 25.4 Å². The van der Waals surface area contributed by atoms with Crippen LogP contribution in [0, 0.1) is 0 Å². The molecule has 1 saturated heterocycles. The number of carbonyl (C=O) groups is 1. The van der Waals surface area contributed by atoms with Gasteiger partial charge < -0.3 is 15.4 Å². The molecule has 1 atom stereocenters. The molecular formula is C10H16N4O2. The maximum atomic E-state index is 12.1. The second kappa shape index (κ2) is 4.52. The number of nitrogens with two attached hydrogens (primary N) is 1. The van der Waals surface area contributed by atoms with Crippen LogP contribution in [0.1, 0.15) is 23.7 Å². The number of rotatable bonds is 2. The molecule has 0 bridgehead atoms. The van der Waals surface area contributed by atoms with Gasteiger partial charge in [-0.05, 0) is 6.42 Å². The smallest absolute Gasteiger partial charge is 0.259 e. The average molecular weight is 224 g/mol. The van der Waals surface area contributed by atoms with Crippen molar-refractivity contribution in [3.8, 4) is 0 Å². The average Bonchev–Trinajstić information content (AvgIpc) is 2.74. The number of H-pyrrole nitrogens is 1. The number of carbonyl (C=O) groups excluding carboxylic acids is 1. The number of nitrogens with zero attached hydrogens (tertiary/aromatic N) is 2. The standard InChI is InChI=1S/C10H16N4O2/c1-2-7-6-14(3-4-16-7)10(15)8-5-12-13-9(8)11/h5,7H,2-4,6H2,1H3,(H3,11,12,13). The van der Waals surface area contributed by atoms with Crippen LogP contribution in [0.4, 0.5) is 5.82 Å². The van der Waals surface area contributed by atoms with Crippen molar-refractivity contribution in [1.82, 2.24) is 15.1 Å². The zero-order chi connectivity index (χ0) is 11.5. The van der Waals surface area contributed by atoms with Crippen molar-refractivity contribution in [2.45, 2.75) is 19.4 Å². The van der Waals surface area contributed by atoms with Gasteiger partial charge in [-0.3, -0.25) is 9.89 Å². The Kier molecular flexibility index (Phi) is 3.09. The molecule has 0 saturated carbocycles. The molecule has 1 amide bonds. The van der Waals surface area contributed by atoms with E-state index in [9.17, 15) is 4.79 Å². The van der Waals surface area contributed by atoms with Crippen LogP contribution < -0.4 is 5.73 Å². The highest BCUT2D eigenvalue weighted by Crippen LogP contribution is 2.14. The molecule has 2 heterocycles. The Labute approximate surface area is 93.8 Å². The summed E-state index contributed by atoms with van der Waals surface area (Å²) < 4.78 is 5.51. The van der Waals surface area contributed by atoms with E-state index < -0.39 is 0 Å². The van der Waals surface area contributed by atoms with E-state index in [2.05, 4.69) is 10.2 Å².